The molecule has 0 aromatic heterocycles. The van der Waals surface area contributed by atoms with Gasteiger partial charge in [-0.15, -0.1) is 0 Å². The third kappa shape index (κ3) is 4.58. The van der Waals surface area contributed by atoms with Gasteiger partial charge in [0, 0.05) is 24.6 Å². The predicted octanol–water partition coefficient (Wildman–Crippen LogP) is 4.22. The van der Waals surface area contributed by atoms with E-state index in [2.05, 4.69) is 0 Å². The zero-order chi connectivity index (χ0) is 17.2. The number of methoxy groups -OCH3 is 1. The van der Waals surface area contributed by atoms with Crippen molar-refractivity contribution in [3.05, 3.63) is 34.6 Å². The summed E-state index contributed by atoms with van der Waals surface area (Å²) in [5, 5.41) is 0.391. The molecule has 128 valence electrons. The maximum absolute atomic E-state index is 13.2. The second-order valence-electron chi connectivity index (χ2n) is 6.76. The fourth-order valence-corrected chi connectivity index (χ4v) is 3.11. The SMILES string of the molecule is CO[C@H]1CN(C(=O)OC(C)(C)C)CC[C@@H]1c1ccc(F)cc1Cl. The van der Waals surface area contributed by atoms with Gasteiger partial charge >= 0.3 is 6.09 Å². The maximum atomic E-state index is 13.2. The summed E-state index contributed by atoms with van der Waals surface area (Å²) in [5.41, 5.74) is 0.320. The largest absolute Gasteiger partial charge is 0.444 e. The van der Waals surface area contributed by atoms with Crippen molar-refractivity contribution in [1.29, 1.82) is 0 Å². The van der Waals surface area contributed by atoms with Gasteiger partial charge in [0.1, 0.15) is 11.4 Å². The Bertz CT molecular complexity index is 573. The molecular weight excluding hydrogens is 321 g/mol. The molecule has 1 aromatic carbocycles. The molecule has 1 aliphatic heterocycles. The van der Waals surface area contributed by atoms with E-state index in [1.807, 2.05) is 20.8 Å². The number of hydrogen-bond donors (Lipinski definition) is 0. The second kappa shape index (κ2) is 7.05. The number of rotatable bonds is 2. The number of ether oxygens (including phenoxy) is 2. The van der Waals surface area contributed by atoms with E-state index in [0.29, 0.717) is 24.5 Å². The van der Waals surface area contributed by atoms with Crippen LogP contribution in [0.25, 0.3) is 0 Å². The molecule has 1 saturated heterocycles. The van der Waals surface area contributed by atoms with Crippen molar-refractivity contribution in [2.45, 2.75) is 44.8 Å². The molecule has 6 heteroatoms. The minimum Gasteiger partial charge on any atom is -0.444 e. The number of piperidine rings is 1. The van der Waals surface area contributed by atoms with Gasteiger partial charge in [0.05, 0.1) is 12.6 Å². The van der Waals surface area contributed by atoms with Gasteiger partial charge in [-0.25, -0.2) is 9.18 Å². The summed E-state index contributed by atoms with van der Waals surface area (Å²) in [4.78, 5) is 13.8. The van der Waals surface area contributed by atoms with Gasteiger partial charge in [-0.3, -0.25) is 0 Å². The van der Waals surface area contributed by atoms with E-state index in [-0.39, 0.29) is 23.9 Å². The highest BCUT2D eigenvalue weighted by Crippen LogP contribution is 2.35. The highest BCUT2D eigenvalue weighted by molar-refractivity contribution is 6.31. The number of carbonyl (C=O) groups is 1. The molecular formula is C17H23ClFNO3. The Labute approximate surface area is 141 Å². The predicted molar refractivity (Wildman–Crippen MR) is 87.4 cm³/mol. The van der Waals surface area contributed by atoms with Gasteiger partial charge in [-0.1, -0.05) is 17.7 Å². The molecule has 0 saturated carbocycles. The number of amides is 1. The monoisotopic (exact) mass is 343 g/mol. The number of carbonyl (C=O) groups excluding carboxylic acids is 1. The molecule has 0 N–H and O–H groups in total. The molecule has 1 aromatic rings. The standard InChI is InChI=1S/C17H23ClFNO3/c1-17(2,3)23-16(21)20-8-7-13(15(10-20)22-4)12-6-5-11(19)9-14(12)18/h5-6,9,13,15H,7-8,10H2,1-4H3/t13-,15+/m1/s1. The van der Waals surface area contributed by atoms with Crippen LogP contribution < -0.4 is 0 Å². The van der Waals surface area contributed by atoms with Crippen LogP contribution in [0.5, 0.6) is 0 Å². The first-order valence-corrected chi connectivity index (χ1v) is 8.04. The summed E-state index contributed by atoms with van der Waals surface area (Å²) in [6, 6.07) is 4.40. The normalized spacial score (nSPS) is 22.1. The molecule has 1 aliphatic rings. The highest BCUT2D eigenvalue weighted by Gasteiger charge is 2.35. The molecule has 1 heterocycles. The van der Waals surface area contributed by atoms with Crippen LogP contribution in [0.4, 0.5) is 9.18 Å². The van der Waals surface area contributed by atoms with Gasteiger partial charge in [0.25, 0.3) is 0 Å². The number of benzene rings is 1. The van der Waals surface area contributed by atoms with Crippen molar-refractivity contribution in [2.75, 3.05) is 20.2 Å². The first kappa shape index (κ1) is 18.0. The lowest BCUT2D eigenvalue weighted by molar-refractivity contribution is -0.0139. The number of nitrogens with zero attached hydrogens (tertiary/aromatic N) is 1. The van der Waals surface area contributed by atoms with Crippen LogP contribution in [0.15, 0.2) is 18.2 Å². The first-order chi connectivity index (χ1) is 10.7. The third-order valence-electron chi connectivity index (χ3n) is 3.88. The van der Waals surface area contributed by atoms with Crippen LogP contribution in [0.1, 0.15) is 38.7 Å². The zero-order valence-electron chi connectivity index (χ0n) is 13.9. The summed E-state index contributed by atoms with van der Waals surface area (Å²) >= 11 is 6.17. The van der Waals surface area contributed by atoms with E-state index >= 15 is 0 Å². The number of likely N-dealkylation sites (tertiary alicyclic amines) is 1. The van der Waals surface area contributed by atoms with Gasteiger partial charge in [0.15, 0.2) is 0 Å². The van der Waals surface area contributed by atoms with E-state index in [1.165, 1.54) is 12.1 Å². The Morgan fingerprint density at radius 3 is 2.65 bits per heavy atom. The number of halogens is 2. The third-order valence-corrected chi connectivity index (χ3v) is 4.20. The lowest BCUT2D eigenvalue weighted by atomic mass is 9.87. The molecule has 1 fully saturated rings. The van der Waals surface area contributed by atoms with Crippen LogP contribution >= 0.6 is 11.6 Å². The van der Waals surface area contributed by atoms with Crippen LogP contribution in [-0.2, 0) is 9.47 Å². The molecule has 0 unspecified atom stereocenters. The smallest absolute Gasteiger partial charge is 0.410 e. The summed E-state index contributed by atoms with van der Waals surface area (Å²) in [6.07, 6.45) is 0.130. The maximum Gasteiger partial charge on any atom is 0.410 e. The summed E-state index contributed by atoms with van der Waals surface area (Å²) in [6.45, 7) is 6.48. The molecule has 0 aliphatic carbocycles. The van der Waals surface area contributed by atoms with Gasteiger partial charge in [0.2, 0.25) is 0 Å². The van der Waals surface area contributed by atoms with E-state index in [4.69, 9.17) is 21.1 Å². The highest BCUT2D eigenvalue weighted by atomic mass is 35.5. The lowest BCUT2D eigenvalue weighted by Crippen LogP contribution is -2.48. The molecule has 0 bridgehead atoms. The number of hydrogen-bond acceptors (Lipinski definition) is 3. The van der Waals surface area contributed by atoms with E-state index < -0.39 is 5.60 Å². The zero-order valence-corrected chi connectivity index (χ0v) is 14.7. The summed E-state index contributed by atoms with van der Waals surface area (Å²) in [5.74, 6) is -0.342. The Hall–Kier alpha value is -1.33. The quantitative estimate of drug-likeness (QED) is 0.807. The fraction of sp³-hybridized carbons (Fsp3) is 0.588. The van der Waals surface area contributed by atoms with Crippen molar-refractivity contribution >= 4 is 17.7 Å². The minimum absolute atomic E-state index is 0.0202. The van der Waals surface area contributed by atoms with Crippen molar-refractivity contribution in [3.8, 4) is 0 Å². The van der Waals surface area contributed by atoms with Crippen molar-refractivity contribution in [1.82, 2.24) is 4.90 Å². The summed E-state index contributed by atoms with van der Waals surface area (Å²) in [7, 11) is 1.60. The van der Waals surface area contributed by atoms with Crippen molar-refractivity contribution in [2.24, 2.45) is 0 Å². The van der Waals surface area contributed by atoms with E-state index in [9.17, 15) is 9.18 Å². The molecule has 0 spiro atoms. The van der Waals surface area contributed by atoms with Crippen LogP contribution in [0, 0.1) is 5.82 Å². The molecule has 0 radical (unpaired) electrons. The van der Waals surface area contributed by atoms with Gasteiger partial charge < -0.3 is 14.4 Å². The molecule has 4 nitrogen and oxygen atoms in total. The Morgan fingerprint density at radius 2 is 2.09 bits per heavy atom. The Kier molecular flexibility index (Phi) is 5.53. The molecule has 23 heavy (non-hydrogen) atoms. The van der Waals surface area contributed by atoms with Crippen molar-refractivity contribution < 1.29 is 18.7 Å². The van der Waals surface area contributed by atoms with Crippen LogP contribution in [0.3, 0.4) is 0 Å². The van der Waals surface area contributed by atoms with Crippen molar-refractivity contribution in [3.63, 3.8) is 0 Å². The Balaban J connectivity index is 2.11. The van der Waals surface area contributed by atoms with E-state index in [1.54, 1.807) is 18.1 Å². The average Bonchev–Trinajstić information content (AvgIpc) is 2.45. The summed E-state index contributed by atoms with van der Waals surface area (Å²) < 4.78 is 24.2. The average molecular weight is 344 g/mol. The second-order valence-corrected chi connectivity index (χ2v) is 7.17. The lowest BCUT2D eigenvalue weighted by Gasteiger charge is -2.38. The molecule has 2 atom stereocenters. The Morgan fingerprint density at radius 1 is 1.39 bits per heavy atom. The topological polar surface area (TPSA) is 38.8 Å². The molecule has 2 rings (SSSR count). The van der Waals surface area contributed by atoms with Crippen LogP contribution in [0.2, 0.25) is 5.02 Å². The minimum atomic E-state index is -0.531. The first-order valence-electron chi connectivity index (χ1n) is 7.67. The van der Waals surface area contributed by atoms with Crippen LogP contribution in [-0.4, -0.2) is 42.9 Å². The fourth-order valence-electron chi connectivity index (χ4n) is 2.81. The van der Waals surface area contributed by atoms with Gasteiger partial charge in [-0.2, -0.15) is 0 Å². The molecule has 1 amide bonds. The van der Waals surface area contributed by atoms with E-state index in [0.717, 1.165) is 5.56 Å². The van der Waals surface area contributed by atoms with Gasteiger partial charge in [-0.05, 0) is 44.9 Å².